The van der Waals surface area contributed by atoms with Gasteiger partial charge in [0.15, 0.2) is 11.4 Å². The van der Waals surface area contributed by atoms with E-state index in [0.29, 0.717) is 35.6 Å². The van der Waals surface area contributed by atoms with Crippen LogP contribution >= 0.6 is 11.6 Å². The number of hydrogen-bond acceptors (Lipinski definition) is 11. The van der Waals surface area contributed by atoms with Crippen LogP contribution in [-0.4, -0.2) is 96.4 Å². The molecule has 328 valence electrons. The summed E-state index contributed by atoms with van der Waals surface area (Å²) in [7, 11) is -4.59. The van der Waals surface area contributed by atoms with Gasteiger partial charge in [0.1, 0.15) is 5.52 Å². The van der Waals surface area contributed by atoms with Crippen LogP contribution in [0, 0.1) is 21.4 Å². The second-order valence-corrected chi connectivity index (χ2v) is 19.6. The maximum atomic E-state index is 14.2. The molecule has 5 heterocycles. The van der Waals surface area contributed by atoms with Gasteiger partial charge in [-0.2, -0.15) is 0 Å². The van der Waals surface area contributed by atoms with Crippen molar-refractivity contribution in [2.45, 2.75) is 50.8 Å². The molecular formula is C46H49ClN8O7S. The van der Waals surface area contributed by atoms with Crippen molar-refractivity contribution in [2.24, 2.45) is 11.3 Å². The van der Waals surface area contributed by atoms with E-state index in [0.717, 1.165) is 87.0 Å². The van der Waals surface area contributed by atoms with Crippen molar-refractivity contribution in [3.63, 3.8) is 0 Å². The second kappa shape index (κ2) is 17.4. The minimum absolute atomic E-state index is 0.0569. The molecule has 2 fully saturated rings. The van der Waals surface area contributed by atoms with Crippen molar-refractivity contribution in [1.82, 2.24) is 29.4 Å². The molecule has 6 aromatic rings. The number of aromatic nitrogens is 4. The number of amides is 1. The zero-order chi connectivity index (χ0) is 43.9. The van der Waals surface area contributed by atoms with Gasteiger partial charge in [0.2, 0.25) is 0 Å². The van der Waals surface area contributed by atoms with E-state index in [-0.39, 0.29) is 29.3 Å². The standard InChI is InChI=1S/C46H49ClN8O7S/c1-46(2)15-13-33(38(25-46)31-5-7-34(47)8-6-31)27-52-17-19-53(20-18-52)35-9-11-37(40(23-35)54-41-22-32-14-16-48-44(32)50-39(41)26-49-54)45(56)51-63(59,60)36-10-12-43(42(24-36)55(57)58)62-29-30-4-3-21-61-28-30/h5-12,14,16,22-24,26,30,49H,3-4,13,15,17-21,25,27-29H2,1-2H3,(H,51,56). The Labute approximate surface area is 370 Å². The fraction of sp³-hybridized carbons (Fsp3) is 0.370. The number of ether oxygens (including phenoxy) is 2. The van der Waals surface area contributed by atoms with Gasteiger partial charge < -0.3 is 14.4 Å². The van der Waals surface area contributed by atoms with Crippen LogP contribution in [0.3, 0.4) is 0 Å². The molecule has 0 saturated carbocycles. The zero-order valence-electron chi connectivity index (χ0n) is 35.2. The van der Waals surface area contributed by atoms with Crippen molar-refractivity contribution >= 4 is 66.5 Å². The number of anilines is 1. The number of nitro groups is 1. The predicted molar refractivity (Wildman–Crippen MR) is 242 cm³/mol. The molecule has 2 N–H and O–H groups in total. The number of allylic oxidation sites excluding steroid dienone is 1. The molecule has 0 radical (unpaired) electrons. The molecule has 63 heavy (non-hydrogen) atoms. The highest BCUT2D eigenvalue weighted by Gasteiger charge is 2.31. The van der Waals surface area contributed by atoms with E-state index in [1.807, 2.05) is 36.4 Å². The number of H-pyrrole nitrogens is 1. The number of carbonyl (C=O) groups is 1. The van der Waals surface area contributed by atoms with Gasteiger partial charge >= 0.3 is 5.69 Å². The summed E-state index contributed by atoms with van der Waals surface area (Å²) in [5.74, 6) is -0.914. The topological polar surface area (TPSA) is 178 Å². The van der Waals surface area contributed by atoms with Crippen LogP contribution in [0.2, 0.25) is 5.02 Å². The number of nitro benzene ring substituents is 1. The molecule has 15 nitrogen and oxygen atoms in total. The number of fused-ring (bicyclic) bond motifs is 2. The summed E-state index contributed by atoms with van der Waals surface area (Å²) < 4.78 is 42.7. The molecule has 9 rings (SSSR count). The Morgan fingerprint density at radius 3 is 2.63 bits per heavy atom. The third-order valence-corrected chi connectivity index (χ3v) is 14.0. The first-order valence-corrected chi connectivity index (χ1v) is 23.1. The number of aromatic amines is 1. The zero-order valence-corrected chi connectivity index (χ0v) is 36.8. The molecule has 0 spiro atoms. The summed E-state index contributed by atoms with van der Waals surface area (Å²) in [6.07, 6.45) is 8.30. The number of piperazine rings is 1. The van der Waals surface area contributed by atoms with Crippen molar-refractivity contribution in [3.8, 4) is 11.4 Å². The fourth-order valence-electron chi connectivity index (χ4n) is 8.92. The highest BCUT2D eigenvalue weighted by atomic mass is 35.5. The molecule has 0 bridgehead atoms. The highest BCUT2D eigenvalue weighted by molar-refractivity contribution is 7.90. The van der Waals surface area contributed by atoms with E-state index in [1.165, 1.54) is 28.8 Å². The van der Waals surface area contributed by atoms with E-state index in [9.17, 15) is 23.3 Å². The number of hydrogen-bond donors (Lipinski definition) is 2. The largest absolute Gasteiger partial charge is 0.486 e. The monoisotopic (exact) mass is 892 g/mol. The summed E-state index contributed by atoms with van der Waals surface area (Å²) in [6.45, 7) is 10.0. The van der Waals surface area contributed by atoms with E-state index in [2.05, 4.69) is 55.6 Å². The van der Waals surface area contributed by atoms with Gasteiger partial charge in [-0.05, 0) is 103 Å². The van der Waals surface area contributed by atoms with Crippen molar-refractivity contribution in [3.05, 3.63) is 117 Å². The Balaban J connectivity index is 0.976. The van der Waals surface area contributed by atoms with Crippen molar-refractivity contribution in [1.29, 1.82) is 0 Å². The lowest BCUT2D eigenvalue weighted by Crippen LogP contribution is -2.47. The van der Waals surface area contributed by atoms with Crippen LogP contribution < -0.4 is 14.4 Å². The van der Waals surface area contributed by atoms with Crippen LogP contribution in [0.4, 0.5) is 11.4 Å². The first kappa shape index (κ1) is 42.5. The number of pyridine rings is 1. The summed E-state index contributed by atoms with van der Waals surface area (Å²) in [4.78, 5) is 38.9. The molecular weight excluding hydrogens is 844 g/mol. The smallest absolute Gasteiger partial charge is 0.312 e. The van der Waals surface area contributed by atoms with Gasteiger partial charge in [-0.3, -0.25) is 29.6 Å². The van der Waals surface area contributed by atoms with Crippen LogP contribution in [0.25, 0.3) is 33.3 Å². The summed E-state index contributed by atoms with van der Waals surface area (Å²) in [5, 5.41) is 16.8. The normalized spacial score (nSPS) is 18.5. The van der Waals surface area contributed by atoms with Crippen LogP contribution in [0.1, 0.15) is 61.9 Å². The minimum atomic E-state index is -4.59. The quantitative estimate of drug-likeness (QED) is 0.0895. The van der Waals surface area contributed by atoms with Gasteiger partial charge in [-0.25, -0.2) is 23.1 Å². The number of rotatable bonds is 12. The molecule has 2 saturated heterocycles. The third-order valence-electron chi connectivity index (χ3n) is 12.5. The van der Waals surface area contributed by atoms with Gasteiger partial charge in [0, 0.05) is 79.8 Å². The number of nitrogens with zero attached hydrogens (tertiary/aromatic N) is 6. The SMILES string of the molecule is CC1(C)CCC(CN2CCN(c3ccc(C(=O)NS(=O)(=O)c4ccc(OCC5CCCOC5)c([N+](=O)[O-])c4)c(-n4[nH]cc5nc6nccc6cc54)c3)CC2)=C(c2ccc(Cl)cc2)C1. The molecule has 1 atom stereocenters. The lowest BCUT2D eigenvalue weighted by Gasteiger charge is -2.39. The maximum Gasteiger partial charge on any atom is 0.312 e. The van der Waals surface area contributed by atoms with Gasteiger partial charge in [0.05, 0.1) is 39.8 Å². The molecule has 3 aromatic carbocycles. The molecule has 1 unspecified atom stereocenters. The average molecular weight is 893 g/mol. The Bertz CT molecular complexity index is 2840. The Morgan fingerprint density at radius 1 is 1.06 bits per heavy atom. The number of halogens is 1. The van der Waals surface area contributed by atoms with Crippen molar-refractivity contribution in [2.75, 3.05) is 57.4 Å². The number of carbonyl (C=O) groups excluding carboxylic acids is 1. The molecule has 17 heteroatoms. The highest BCUT2D eigenvalue weighted by Crippen LogP contribution is 2.43. The lowest BCUT2D eigenvalue weighted by atomic mass is 9.72. The van der Waals surface area contributed by atoms with E-state index in [4.69, 9.17) is 21.1 Å². The summed E-state index contributed by atoms with van der Waals surface area (Å²) in [5.41, 5.74) is 6.94. The second-order valence-electron chi connectivity index (χ2n) is 17.5. The van der Waals surface area contributed by atoms with Crippen LogP contribution in [-0.2, 0) is 14.8 Å². The summed E-state index contributed by atoms with van der Waals surface area (Å²) >= 11 is 6.25. The average Bonchev–Trinajstić information content (AvgIpc) is 3.92. The lowest BCUT2D eigenvalue weighted by molar-refractivity contribution is -0.386. The Kier molecular flexibility index (Phi) is 11.7. The van der Waals surface area contributed by atoms with E-state index >= 15 is 0 Å². The fourth-order valence-corrected chi connectivity index (χ4v) is 10.0. The van der Waals surface area contributed by atoms with Crippen LogP contribution in [0.5, 0.6) is 5.75 Å². The molecule has 3 aromatic heterocycles. The Morgan fingerprint density at radius 2 is 1.87 bits per heavy atom. The van der Waals surface area contributed by atoms with Gasteiger partial charge in [-0.1, -0.05) is 43.2 Å². The molecule has 2 aliphatic heterocycles. The van der Waals surface area contributed by atoms with Gasteiger partial charge in [0.25, 0.3) is 15.9 Å². The molecule has 1 aliphatic carbocycles. The van der Waals surface area contributed by atoms with E-state index < -0.39 is 31.4 Å². The number of benzene rings is 3. The first-order valence-electron chi connectivity index (χ1n) is 21.3. The van der Waals surface area contributed by atoms with Crippen molar-refractivity contribution < 1.29 is 27.6 Å². The molecule has 1 amide bonds. The minimum Gasteiger partial charge on any atom is -0.486 e. The number of sulfonamides is 1. The van der Waals surface area contributed by atoms with Gasteiger partial charge in [-0.15, -0.1) is 0 Å². The Hall–Kier alpha value is -5.81. The number of nitrogens with one attached hydrogen (secondary N) is 2. The predicted octanol–water partition coefficient (Wildman–Crippen LogP) is 8.17. The first-order chi connectivity index (χ1) is 30.3. The summed E-state index contributed by atoms with van der Waals surface area (Å²) in [6, 6.07) is 20.6. The maximum absolute atomic E-state index is 14.2. The van der Waals surface area contributed by atoms with E-state index in [1.54, 1.807) is 23.1 Å². The third kappa shape index (κ3) is 9.16. The van der Waals surface area contributed by atoms with Crippen LogP contribution in [0.15, 0.2) is 95.7 Å². The molecule has 3 aliphatic rings.